The van der Waals surface area contributed by atoms with E-state index >= 15 is 0 Å². The van der Waals surface area contributed by atoms with Crippen LogP contribution in [0.3, 0.4) is 0 Å². The van der Waals surface area contributed by atoms with Gasteiger partial charge in [-0.3, -0.25) is 5.10 Å². The van der Waals surface area contributed by atoms with Crippen LogP contribution < -0.4 is 5.32 Å². The van der Waals surface area contributed by atoms with Crippen LogP contribution >= 0.6 is 0 Å². The molecule has 102 valence electrons. The van der Waals surface area contributed by atoms with Gasteiger partial charge in [-0.05, 0) is 17.2 Å². The summed E-state index contributed by atoms with van der Waals surface area (Å²) in [5.41, 5.74) is 3.32. The van der Waals surface area contributed by atoms with E-state index in [2.05, 4.69) is 39.8 Å². The second kappa shape index (κ2) is 5.99. The maximum absolute atomic E-state index is 9.18. The van der Waals surface area contributed by atoms with Crippen molar-refractivity contribution in [2.24, 2.45) is 5.41 Å². The number of aromatic nitrogens is 2. The number of aromatic amines is 1. The average molecular weight is 259 g/mol. The summed E-state index contributed by atoms with van der Waals surface area (Å²) >= 11 is 0. The molecule has 0 aliphatic heterocycles. The summed E-state index contributed by atoms with van der Waals surface area (Å²) in [5.74, 6) is 0. The fourth-order valence-corrected chi connectivity index (χ4v) is 1.82. The molecular formula is C15H21N3O. The fraction of sp³-hybridized carbons (Fsp3) is 0.400. The normalized spacial score (nSPS) is 11.7. The van der Waals surface area contributed by atoms with Gasteiger partial charge in [-0.25, -0.2) is 0 Å². The lowest BCUT2D eigenvalue weighted by molar-refractivity contribution is 0.156. The summed E-state index contributed by atoms with van der Waals surface area (Å²) in [4.78, 5) is 0. The van der Waals surface area contributed by atoms with Crippen LogP contribution in [0.4, 0.5) is 0 Å². The molecule has 4 nitrogen and oxygen atoms in total. The summed E-state index contributed by atoms with van der Waals surface area (Å²) in [6, 6.07) is 10.3. The van der Waals surface area contributed by atoms with Crippen LogP contribution in [-0.2, 0) is 6.54 Å². The van der Waals surface area contributed by atoms with Crippen LogP contribution in [0, 0.1) is 5.41 Å². The van der Waals surface area contributed by atoms with Gasteiger partial charge in [-0.15, -0.1) is 0 Å². The van der Waals surface area contributed by atoms with Crippen molar-refractivity contribution in [2.45, 2.75) is 20.4 Å². The van der Waals surface area contributed by atoms with E-state index < -0.39 is 0 Å². The zero-order chi connectivity index (χ0) is 13.7. The Balaban J connectivity index is 1.89. The molecule has 3 N–H and O–H groups in total. The van der Waals surface area contributed by atoms with Crippen molar-refractivity contribution in [1.29, 1.82) is 0 Å². The Kier molecular flexibility index (Phi) is 4.35. The molecule has 0 atom stereocenters. The third-order valence-electron chi connectivity index (χ3n) is 3.13. The van der Waals surface area contributed by atoms with Gasteiger partial charge in [0.2, 0.25) is 0 Å². The summed E-state index contributed by atoms with van der Waals surface area (Å²) in [6.07, 6.45) is 1.75. The molecule has 0 saturated heterocycles. The summed E-state index contributed by atoms with van der Waals surface area (Å²) < 4.78 is 0. The van der Waals surface area contributed by atoms with Crippen molar-refractivity contribution < 1.29 is 5.11 Å². The van der Waals surface area contributed by atoms with Crippen molar-refractivity contribution in [3.8, 4) is 11.3 Å². The maximum Gasteiger partial charge on any atom is 0.0650 e. The van der Waals surface area contributed by atoms with Crippen LogP contribution in [-0.4, -0.2) is 28.5 Å². The van der Waals surface area contributed by atoms with Crippen molar-refractivity contribution in [1.82, 2.24) is 15.5 Å². The lowest BCUT2D eigenvalue weighted by Gasteiger charge is -2.21. The lowest BCUT2D eigenvalue weighted by atomic mass is 9.95. The van der Waals surface area contributed by atoms with Gasteiger partial charge in [-0.2, -0.15) is 5.10 Å². The highest BCUT2D eigenvalue weighted by Gasteiger charge is 2.15. The SMILES string of the molecule is CC(C)(CO)CNCc1ccc(-c2ccn[nH]2)cc1. The van der Waals surface area contributed by atoms with Gasteiger partial charge < -0.3 is 10.4 Å². The molecule has 4 heteroatoms. The molecule has 0 saturated carbocycles. The molecule has 2 rings (SSSR count). The number of nitrogens with one attached hydrogen (secondary N) is 2. The Labute approximate surface area is 113 Å². The quantitative estimate of drug-likeness (QED) is 0.745. The average Bonchev–Trinajstić information content (AvgIpc) is 2.93. The van der Waals surface area contributed by atoms with Crippen molar-refractivity contribution >= 4 is 0 Å². The Hall–Kier alpha value is -1.65. The minimum atomic E-state index is -0.0736. The van der Waals surface area contributed by atoms with Gasteiger partial charge in [0.15, 0.2) is 0 Å². The maximum atomic E-state index is 9.18. The summed E-state index contributed by atoms with van der Waals surface area (Å²) in [5, 5.41) is 19.4. The number of aliphatic hydroxyl groups excluding tert-OH is 1. The van der Waals surface area contributed by atoms with E-state index in [0.717, 1.165) is 24.3 Å². The minimum Gasteiger partial charge on any atom is -0.396 e. The molecule has 0 fully saturated rings. The number of rotatable bonds is 6. The number of H-pyrrole nitrogens is 1. The van der Waals surface area contributed by atoms with E-state index in [9.17, 15) is 5.11 Å². The van der Waals surface area contributed by atoms with E-state index in [-0.39, 0.29) is 12.0 Å². The molecule has 0 radical (unpaired) electrons. The molecule has 2 aromatic rings. The topological polar surface area (TPSA) is 60.9 Å². The molecule has 0 unspecified atom stereocenters. The summed E-state index contributed by atoms with van der Waals surface area (Å²) in [7, 11) is 0. The Morgan fingerprint density at radius 3 is 2.53 bits per heavy atom. The molecule has 0 amide bonds. The van der Waals surface area contributed by atoms with Gasteiger partial charge in [-0.1, -0.05) is 38.1 Å². The van der Waals surface area contributed by atoms with Gasteiger partial charge in [0.25, 0.3) is 0 Å². The molecule has 1 aromatic carbocycles. The molecule has 0 aliphatic carbocycles. The first-order valence-electron chi connectivity index (χ1n) is 6.51. The molecule has 1 aromatic heterocycles. The zero-order valence-corrected chi connectivity index (χ0v) is 11.5. The van der Waals surface area contributed by atoms with Crippen LogP contribution in [0.25, 0.3) is 11.3 Å². The third-order valence-corrected chi connectivity index (χ3v) is 3.13. The van der Waals surface area contributed by atoms with Gasteiger partial charge >= 0.3 is 0 Å². The van der Waals surface area contributed by atoms with Crippen LogP contribution in [0.2, 0.25) is 0 Å². The third kappa shape index (κ3) is 3.91. The lowest BCUT2D eigenvalue weighted by Crippen LogP contribution is -2.31. The highest BCUT2D eigenvalue weighted by atomic mass is 16.3. The van der Waals surface area contributed by atoms with Crippen molar-refractivity contribution in [3.63, 3.8) is 0 Å². The largest absolute Gasteiger partial charge is 0.396 e. The van der Waals surface area contributed by atoms with Gasteiger partial charge in [0, 0.05) is 31.3 Å². The highest BCUT2D eigenvalue weighted by Crippen LogP contribution is 2.17. The molecule has 0 bridgehead atoms. The highest BCUT2D eigenvalue weighted by molar-refractivity contribution is 5.58. The number of nitrogens with zero attached hydrogens (tertiary/aromatic N) is 1. The summed E-state index contributed by atoms with van der Waals surface area (Å²) in [6.45, 7) is 5.89. The minimum absolute atomic E-state index is 0.0736. The van der Waals surface area contributed by atoms with E-state index in [1.54, 1.807) is 6.20 Å². The van der Waals surface area contributed by atoms with E-state index in [1.165, 1.54) is 5.56 Å². The van der Waals surface area contributed by atoms with E-state index in [0.29, 0.717) is 0 Å². The van der Waals surface area contributed by atoms with Crippen LogP contribution in [0.1, 0.15) is 19.4 Å². The Bertz CT molecular complexity index is 489. The zero-order valence-electron chi connectivity index (χ0n) is 11.5. The molecule has 0 aliphatic rings. The van der Waals surface area contributed by atoms with Crippen LogP contribution in [0.15, 0.2) is 36.5 Å². The monoisotopic (exact) mass is 259 g/mol. The van der Waals surface area contributed by atoms with Gasteiger partial charge in [0.05, 0.1) is 5.69 Å². The predicted molar refractivity (Wildman–Crippen MR) is 76.6 cm³/mol. The first-order valence-corrected chi connectivity index (χ1v) is 6.51. The van der Waals surface area contributed by atoms with E-state index in [4.69, 9.17) is 0 Å². The smallest absolute Gasteiger partial charge is 0.0650 e. The second-order valence-corrected chi connectivity index (χ2v) is 5.59. The molecule has 0 spiro atoms. The first-order chi connectivity index (χ1) is 9.11. The molecule has 1 heterocycles. The Morgan fingerprint density at radius 2 is 1.95 bits per heavy atom. The number of benzene rings is 1. The second-order valence-electron chi connectivity index (χ2n) is 5.59. The van der Waals surface area contributed by atoms with Crippen molar-refractivity contribution in [2.75, 3.05) is 13.2 Å². The molecule has 19 heavy (non-hydrogen) atoms. The number of hydrogen-bond acceptors (Lipinski definition) is 3. The number of hydrogen-bond donors (Lipinski definition) is 3. The Morgan fingerprint density at radius 1 is 1.21 bits per heavy atom. The van der Waals surface area contributed by atoms with Crippen molar-refractivity contribution in [3.05, 3.63) is 42.1 Å². The first kappa shape index (κ1) is 13.8. The van der Waals surface area contributed by atoms with Gasteiger partial charge in [0.1, 0.15) is 0 Å². The standard InChI is InChI=1S/C15H21N3O/c1-15(2,11-19)10-16-9-12-3-5-13(6-4-12)14-7-8-17-18-14/h3-8,16,19H,9-11H2,1-2H3,(H,17,18). The van der Waals surface area contributed by atoms with E-state index in [1.807, 2.05) is 19.9 Å². The predicted octanol–water partition coefficient (Wildman–Crippen LogP) is 2.18. The number of aliphatic hydroxyl groups is 1. The molecular weight excluding hydrogens is 238 g/mol. The fourth-order valence-electron chi connectivity index (χ4n) is 1.82. The van der Waals surface area contributed by atoms with Crippen LogP contribution in [0.5, 0.6) is 0 Å².